The molecule has 0 unspecified atom stereocenters. The van der Waals surface area contributed by atoms with Crippen LogP contribution in [0.1, 0.15) is 48.0 Å². The molecule has 0 aromatic heterocycles. The molecular formula is C23H27N3O5. The maximum atomic E-state index is 12.4. The van der Waals surface area contributed by atoms with Gasteiger partial charge in [-0.3, -0.25) is 14.9 Å². The lowest BCUT2D eigenvalue weighted by molar-refractivity contribution is -0.384. The van der Waals surface area contributed by atoms with Crippen LogP contribution in [0.5, 0.6) is 0 Å². The normalized spacial score (nSPS) is 14.0. The van der Waals surface area contributed by atoms with Gasteiger partial charge in [0.1, 0.15) is 5.69 Å². The van der Waals surface area contributed by atoms with Gasteiger partial charge in [-0.05, 0) is 30.5 Å². The number of benzene rings is 2. The lowest BCUT2D eigenvalue weighted by Gasteiger charge is -2.31. The summed E-state index contributed by atoms with van der Waals surface area (Å²) < 4.78 is 5.13. The van der Waals surface area contributed by atoms with E-state index in [1.165, 1.54) is 24.6 Å². The minimum absolute atomic E-state index is 0.0325. The SMILES string of the molecule is CN(C(=O)COC(=O)c1ccc(NCc2ccccc2)c([N+](=O)[O-])c1)C1CCCCC1. The summed E-state index contributed by atoms with van der Waals surface area (Å²) >= 11 is 0. The Balaban J connectivity index is 1.60. The molecule has 0 saturated heterocycles. The van der Waals surface area contributed by atoms with Crippen molar-refractivity contribution in [2.45, 2.75) is 44.7 Å². The van der Waals surface area contributed by atoms with Gasteiger partial charge >= 0.3 is 5.97 Å². The number of esters is 1. The molecule has 0 atom stereocenters. The Kier molecular flexibility index (Phi) is 7.59. The number of nitrogens with one attached hydrogen (secondary N) is 1. The van der Waals surface area contributed by atoms with E-state index in [1.54, 1.807) is 11.9 Å². The van der Waals surface area contributed by atoms with E-state index >= 15 is 0 Å². The van der Waals surface area contributed by atoms with Crippen molar-refractivity contribution in [1.82, 2.24) is 4.90 Å². The molecule has 0 heterocycles. The number of nitro benzene ring substituents is 1. The lowest BCUT2D eigenvalue weighted by Crippen LogP contribution is -2.40. The van der Waals surface area contributed by atoms with Gasteiger partial charge in [0.15, 0.2) is 6.61 Å². The van der Waals surface area contributed by atoms with Gasteiger partial charge < -0.3 is 15.0 Å². The van der Waals surface area contributed by atoms with Crippen molar-refractivity contribution in [3.8, 4) is 0 Å². The van der Waals surface area contributed by atoms with E-state index in [2.05, 4.69) is 5.32 Å². The van der Waals surface area contributed by atoms with Crippen molar-refractivity contribution in [2.24, 2.45) is 0 Å². The van der Waals surface area contributed by atoms with Crippen LogP contribution < -0.4 is 5.32 Å². The van der Waals surface area contributed by atoms with Gasteiger partial charge in [0.25, 0.3) is 11.6 Å². The van der Waals surface area contributed by atoms with Crippen molar-refractivity contribution in [2.75, 3.05) is 19.0 Å². The van der Waals surface area contributed by atoms with Crippen LogP contribution in [0.25, 0.3) is 0 Å². The van der Waals surface area contributed by atoms with Crippen LogP contribution in [0.2, 0.25) is 0 Å². The molecule has 1 aliphatic carbocycles. The van der Waals surface area contributed by atoms with E-state index in [9.17, 15) is 19.7 Å². The van der Waals surface area contributed by atoms with Crippen LogP contribution in [0, 0.1) is 10.1 Å². The summed E-state index contributed by atoms with van der Waals surface area (Å²) in [6, 6.07) is 13.8. The molecule has 2 aromatic rings. The number of nitrogens with zero attached hydrogens (tertiary/aromatic N) is 2. The number of anilines is 1. The highest BCUT2D eigenvalue weighted by molar-refractivity contribution is 5.93. The number of rotatable bonds is 8. The predicted octanol–water partition coefficient (Wildman–Crippen LogP) is 4.15. The monoisotopic (exact) mass is 425 g/mol. The average Bonchev–Trinajstić information content (AvgIpc) is 2.81. The third-order valence-corrected chi connectivity index (χ3v) is 5.60. The van der Waals surface area contributed by atoms with E-state index in [4.69, 9.17) is 4.74 Å². The van der Waals surface area contributed by atoms with Crippen molar-refractivity contribution < 1.29 is 19.2 Å². The summed E-state index contributed by atoms with van der Waals surface area (Å²) in [7, 11) is 1.73. The highest BCUT2D eigenvalue weighted by Gasteiger charge is 2.24. The first-order valence-electron chi connectivity index (χ1n) is 10.4. The number of nitro groups is 1. The van der Waals surface area contributed by atoms with Crippen molar-refractivity contribution in [3.05, 3.63) is 69.8 Å². The van der Waals surface area contributed by atoms with Crippen LogP contribution in [-0.4, -0.2) is 41.4 Å². The van der Waals surface area contributed by atoms with Crippen LogP contribution >= 0.6 is 0 Å². The molecule has 0 bridgehead atoms. The van der Waals surface area contributed by atoms with Crippen molar-refractivity contribution >= 4 is 23.3 Å². The van der Waals surface area contributed by atoms with Gasteiger partial charge in [-0.1, -0.05) is 49.6 Å². The zero-order chi connectivity index (χ0) is 22.2. The highest BCUT2D eigenvalue weighted by Crippen LogP contribution is 2.27. The quantitative estimate of drug-likeness (QED) is 0.387. The molecule has 1 N–H and O–H groups in total. The van der Waals surface area contributed by atoms with E-state index in [-0.39, 0.29) is 29.8 Å². The van der Waals surface area contributed by atoms with Gasteiger partial charge in [0, 0.05) is 25.7 Å². The minimum Gasteiger partial charge on any atom is -0.452 e. The van der Waals surface area contributed by atoms with Crippen molar-refractivity contribution in [1.29, 1.82) is 0 Å². The molecule has 8 nitrogen and oxygen atoms in total. The lowest BCUT2D eigenvalue weighted by atomic mass is 9.94. The third-order valence-electron chi connectivity index (χ3n) is 5.60. The molecule has 3 rings (SSSR count). The fourth-order valence-electron chi connectivity index (χ4n) is 3.74. The van der Waals surface area contributed by atoms with E-state index in [0.717, 1.165) is 31.2 Å². The van der Waals surface area contributed by atoms with Gasteiger partial charge in [0.05, 0.1) is 10.5 Å². The van der Waals surface area contributed by atoms with Crippen LogP contribution in [0.4, 0.5) is 11.4 Å². The first-order valence-corrected chi connectivity index (χ1v) is 10.4. The summed E-state index contributed by atoms with van der Waals surface area (Å²) in [6.45, 7) is 0.0289. The molecule has 1 saturated carbocycles. The summed E-state index contributed by atoms with van der Waals surface area (Å²) in [5, 5.41) is 14.5. The average molecular weight is 425 g/mol. The van der Waals surface area contributed by atoms with Gasteiger partial charge in [0.2, 0.25) is 0 Å². The first kappa shape index (κ1) is 22.3. The van der Waals surface area contributed by atoms with Crippen LogP contribution in [0.3, 0.4) is 0 Å². The minimum atomic E-state index is -0.761. The maximum absolute atomic E-state index is 12.4. The predicted molar refractivity (Wildman–Crippen MR) is 117 cm³/mol. The highest BCUT2D eigenvalue weighted by atomic mass is 16.6. The third kappa shape index (κ3) is 6.04. The Labute approximate surface area is 181 Å². The molecule has 1 amide bonds. The number of carbonyl (C=O) groups is 2. The second-order valence-corrected chi connectivity index (χ2v) is 7.70. The maximum Gasteiger partial charge on any atom is 0.338 e. The molecule has 0 aliphatic heterocycles. The number of hydrogen-bond donors (Lipinski definition) is 1. The summed E-state index contributed by atoms with van der Waals surface area (Å²) in [5.74, 6) is -1.03. The molecule has 1 aliphatic rings. The standard InChI is InChI=1S/C23H27N3O5/c1-25(19-10-6-3-7-11-19)22(27)16-31-23(28)18-12-13-20(21(14-18)26(29)30)24-15-17-8-4-2-5-9-17/h2,4-5,8-9,12-14,19,24H,3,6-7,10-11,15-16H2,1H3. The first-order chi connectivity index (χ1) is 15.0. The molecule has 164 valence electrons. The molecular weight excluding hydrogens is 398 g/mol. The largest absolute Gasteiger partial charge is 0.452 e. The molecule has 1 fully saturated rings. The number of likely N-dealkylation sites (N-methyl/N-ethyl adjacent to an activating group) is 1. The van der Waals surface area contributed by atoms with Gasteiger partial charge in [-0.2, -0.15) is 0 Å². The molecule has 0 spiro atoms. The Morgan fingerprint density at radius 2 is 1.84 bits per heavy atom. The van der Waals surface area contributed by atoms with Crippen LogP contribution in [0.15, 0.2) is 48.5 Å². The summed E-state index contributed by atoms with van der Waals surface area (Å²) in [5.41, 5.74) is 1.08. The number of hydrogen-bond acceptors (Lipinski definition) is 6. The second kappa shape index (κ2) is 10.6. The Morgan fingerprint density at radius 1 is 1.13 bits per heavy atom. The Morgan fingerprint density at radius 3 is 2.52 bits per heavy atom. The zero-order valence-electron chi connectivity index (χ0n) is 17.6. The fourth-order valence-corrected chi connectivity index (χ4v) is 3.74. The fraction of sp³-hybridized carbons (Fsp3) is 0.391. The van der Waals surface area contributed by atoms with Crippen LogP contribution in [-0.2, 0) is 16.1 Å². The van der Waals surface area contributed by atoms with Gasteiger partial charge in [-0.15, -0.1) is 0 Å². The summed E-state index contributed by atoms with van der Waals surface area (Å²) in [6.07, 6.45) is 5.29. The summed E-state index contributed by atoms with van der Waals surface area (Å²) in [4.78, 5) is 37.3. The smallest absolute Gasteiger partial charge is 0.338 e. The zero-order valence-corrected chi connectivity index (χ0v) is 17.6. The molecule has 0 radical (unpaired) electrons. The number of amides is 1. The van der Waals surface area contributed by atoms with Crippen molar-refractivity contribution in [3.63, 3.8) is 0 Å². The van der Waals surface area contributed by atoms with E-state index < -0.39 is 10.9 Å². The molecule has 31 heavy (non-hydrogen) atoms. The topological polar surface area (TPSA) is 102 Å². The molecule has 2 aromatic carbocycles. The number of carbonyl (C=O) groups excluding carboxylic acids is 2. The Hall–Kier alpha value is -3.42. The van der Waals surface area contributed by atoms with Gasteiger partial charge in [-0.25, -0.2) is 4.79 Å². The molecule has 8 heteroatoms. The van der Waals surface area contributed by atoms with E-state index in [0.29, 0.717) is 12.2 Å². The number of ether oxygens (including phenoxy) is 1. The second-order valence-electron chi connectivity index (χ2n) is 7.70. The van der Waals surface area contributed by atoms with E-state index in [1.807, 2.05) is 30.3 Å². The Bertz CT molecular complexity index is 926.